The summed E-state index contributed by atoms with van der Waals surface area (Å²) in [5.74, 6) is 0.716. The molecule has 0 bridgehead atoms. The molecule has 1 aromatic heterocycles. The molecule has 1 amide bonds. The van der Waals surface area contributed by atoms with Crippen molar-refractivity contribution in [3.05, 3.63) is 89.2 Å². The molecule has 0 unspecified atom stereocenters. The van der Waals surface area contributed by atoms with E-state index >= 15 is 0 Å². The molecule has 1 saturated heterocycles. The maximum absolute atomic E-state index is 13.0. The number of nitrogens with zero attached hydrogens (tertiary/aromatic N) is 4. The average Bonchev–Trinajstić information content (AvgIpc) is 2.89. The van der Waals surface area contributed by atoms with Gasteiger partial charge in [-0.05, 0) is 35.0 Å². The van der Waals surface area contributed by atoms with Crippen molar-refractivity contribution in [3.63, 3.8) is 0 Å². The topological polar surface area (TPSA) is 67.7 Å². The molecule has 0 N–H and O–H groups in total. The van der Waals surface area contributed by atoms with Gasteiger partial charge in [0, 0.05) is 37.8 Å². The summed E-state index contributed by atoms with van der Waals surface area (Å²) >= 11 is 0. The third-order valence-electron chi connectivity index (χ3n) is 6.26. The summed E-state index contributed by atoms with van der Waals surface area (Å²) in [4.78, 5) is 29.5. The summed E-state index contributed by atoms with van der Waals surface area (Å²) in [6, 6.07) is 25.2. The maximum atomic E-state index is 13.0. The molecule has 1 aliphatic rings. The number of aromatic nitrogens is 2. The van der Waals surface area contributed by atoms with E-state index in [9.17, 15) is 9.59 Å². The number of piperazine rings is 1. The number of ether oxygens (including phenoxy) is 1. The van der Waals surface area contributed by atoms with Crippen LogP contribution in [0.25, 0.3) is 22.0 Å². The highest BCUT2D eigenvalue weighted by Gasteiger charge is 2.23. The van der Waals surface area contributed by atoms with Crippen LogP contribution < -0.4 is 15.2 Å². The second-order valence-corrected chi connectivity index (χ2v) is 8.32. The van der Waals surface area contributed by atoms with Crippen molar-refractivity contribution < 1.29 is 9.53 Å². The van der Waals surface area contributed by atoms with Crippen molar-refractivity contribution in [1.29, 1.82) is 0 Å². The third kappa shape index (κ3) is 4.37. The SMILES string of the molecule is COc1ccccc1N1CCN(C(=O)Cn2nc(-c3ccc4ccccc4c3)ccc2=O)CC1. The Labute approximate surface area is 197 Å². The lowest BCUT2D eigenvalue weighted by atomic mass is 10.1. The number of anilines is 1. The van der Waals surface area contributed by atoms with Crippen LogP contribution in [0.3, 0.4) is 0 Å². The number of amides is 1. The summed E-state index contributed by atoms with van der Waals surface area (Å²) in [6.07, 6.45) is 0. The fourth-order valence-electron chi connectivity index (χ4n) is 4.38. The van der Waals surface area contributed by atoms with E-state index in [4.69, 9.17) is 4.74 Å². The fraction of sp³-hybridized carbons (Fsp3) is 0.222. The predicted molar refractivity (Wildman–Crippen MR) is 133 cm³/mol. The number of carbonyl (C=O) groups excluding carboxylic acids is 1. The molecule has 2 heterocycles. The smallest absolute Gasteiger partial charge is 0.267 e. The molecule has 0 saturated carbocycles. The van der Waals surface area contributed by atoms with Gasteiger partial charge in [0.1, 0.15) is 12.3 Å². The van der Waals surface area contributed by atoms with Crippen molar-refractivity contribution in [2.75, 3.05) is 38.2 Å². The van der Waals surface area contributed by atoms with E-state index in [2.05, 4.69) is 16.1 Å². The van der Waals surface area contributed by atoms with Crippen LogP contribution in [0.15, 0.2) is 83.7 Å². The summed E-state index contributed by atoms with van der Waals surface area (Å²) in [6.45, 7) is 2.48. The Kier molecular flexibility index (Phi) is 5.99. The Bertz CT molecular complexity index is 1390. The monoisotopic (exact) mass is 454 g/mol. The largest absolute Gasteiger partial charge is 0.495 e. The molecule has 7 nitrogen and oxygen atoms in total. The molecule has 0 atom stereocenters. The summed E-state index contributed by atoms with van der Waals surface area (Å²) < 4.78 is 6.73. The summed E-state index contributed by atoms with van der Waals surface area (Å²) in [7, 11) is 1.66. The number of carbonyl (C=O) groups is 1. The van der Waals surface area contributed by atoms with Crippen LogP contribution in [-0.2, 0) is 11.3 Å². The molecular formula is C27H26N4O3. The van der Waals surface area contributed by atoms with Crippen molar-refractivity contribution >= 4 is 22.4 Å². The lowest BCUT2D eigenvalue weighted by molar-refractivity contribution is -0.132. The van der Waals surface area contributed by atoms with E-state index in [1.165, 1.54) is 10.7 Å². The van der Waals surface area contributed by atoms with Crippen molar-refractivity contribution in [1.82, 2.24) is 14.7 Å². The highest BCUT2D eigenvalue weighted by atomic mass is 16.5. The third-order valence-corrected chi connectivity index (χ3v) is 6.26. The minimum atomic E-state index is -0.287. The van der Waals surface area contributed by atoms with Gasteiger partial charge in [0.15, 0.2) is 0 Å². The van der Waals surface area contributed by atoms with Gasteiger partial charge in [-0.25, -0.2) is 4.68 Å². The maximum Gasteiger partial charge on any atom is 0.267 e. The second-order valence-electron chi connectivity index (χ2n) is 8.32. The zero-order valence-corrected chi connectivity index (χ0v) is 19.1. The van der Waals surface area contributed by atoms with Crippen LogP contribution in [0, 0.1) is 0 Å². The number of hydrogen-bond donors (Lipinski definition) is 0. The van der Waals surface area contributed by atoms with Crippen LogP contribution in [0.4, 0.5) is 5.69 Å². The Morgan fingerprint density at radius 2 is 1.62 bits per heavy atom. The Morgan fingerprint density at radius 3 is 2.41 bits per heavy atom. The van der Waals surface area contributed by atoms with Gasteiger partial charge in [0.05, 0.1) is 18.5 Å². The van der Waals surface area contributed by atoms with Gasteiger partial charge in [-0.15, -0.1) is 0 Å². The van der Waals surface area contributed by atoms with Gasteiger partial charge in [-0.2, -0.15) is 5.10 Å². The molecule has 0 spiro atoms. The highest BCUT2D eigenvalue weighted by Crippen LogP contribution is 2.28. The average molecular weight is 455 g/mol. The number of methoxy groups -OCH3 is 1. The molecule has 5 rings (SSSR count). The highest BCUT2D eigenvalue weighted by molar-refractivity contribution is 5.86. The number of hydrogen-bond acceptors (Lipinski definition) is 5. The lowest BCUT2D eigenvalue weighted by Gasteiger charge is -2.36. The van der Waals surface area contributed by atoms with Crippen LogP contribution in [0.2, 0.25) is 0 Å². The van der Waals surface area contributed by atoms with E-state index in [1.807, 2.05) is 60.7 Å². The van der Waals surface area contributed by atoms with Gasteiger partial charge in [0.25, 0.3) is 5.56 Å². The van der Waals surface area contributed by atoms with E-state index in [1.54, 1.807) is 18.1 Å². The van der Waals surface area contributed by atoms with Gasteiger partial charge in [-0.1, -0.05) is 48.5 Å². The lowest BCUT2D eigenvalue weighted by Crippen LogP contribution is -2.50. The number of para-hydroxylation sites is 2. The number of rotatable bonds is 5. The molecule has 7 heteroatoms. The van der Waals surface area contributed by atoms with E-state index < -0.39 is 0 Å². The Balaban J connectivity index is 1.29. The first-order valence-electron chi connectivity index (χ1n) is 11.4. The predicted octanol–water partition coefficient (Wildman–Crippen LogP) is 3.42. The zero-order valence-electron chi connectivity index (χ0n) is 19.1. The van der Waals surface area contributed by atoms with Gasteiger partial charge >= 0.3 is 0 Å². The van der Waals surface area contributed by atoms with E-state index in [0.29, 0.717) is 31.9 Å². The Hall–Kier alpha value is -4.13. The molecule has 4 aromatic rings. The van der Waals surface area contributed by atoms with Crippen LogP contribution in [-0.4, -0.2) is 53.9 Å². The normalized spacial score (nSPS) is 13.8. The molecule has 1 aliphatic heterocycles. The van der Waals surface area contributed by atoms with Crippen LogP contribution >= 0.6 is 0 Å². The van der Waals surface area contributed by atoms with E-state index in [-0.39, 0.29) is 18.0 Å². The quantitative estimate of drug-likeness (QED) is 0.462. The van der Waals surface area contributed by atoms with Gasteiger partial charge in [0.2, 0.25) is 5.91 Å². The second kappa shape index (κ2) is 9.39. The van der Waals surface area contributed by atoms with Gasteiger partial charge < -0.3 is 14.5 Å². The van der Waals surface area contributed by atoms with Crippen molar-refractivity contribution in [2.45, 2.75) is 6.54 Å². The van der Waals surface area contributed by atoms with Crippen molar-refractivity contribution in [2.24, 2.45) is 0 Å². The number of fused-ring (bicyclic) bond motifs is 1. The molecule has 1 fully saturated rings. The molecule has 34 heavy (non-hydrogen) atoms. The standard InChI is InChI=1S/C27H26N4O3/c1-34-25-9-5-4-8-24(25)29-14-16-30(17-15-29)27(33)19-31-26(32)13-12-23(28-31)22-11-10-20-6-2-3-7-21(20)18-22/h2-13,18H,14-17,19H2,1H3. The number of benzene rings is 3. The first-order valence-corrected chi connectivity index (χ1v) is 11.4. The van der Waals surface area contributed by atoms with E-state index in [0.717, 1.165) is 27.8 Å². The molecule has 172 valence electrons. The minimum Gasteiger partial charge on any atom is -0.495 e. The Morgan fingerprint density at radius 1 is 0.882 bits per heavy atom. The summed E-state index contributed by atoms with van der Waals surface area (Å²) in [5.41, 5.74) is 2.31. The van der Waals surface area contributed by atoms with Gasteiger partial charge in [-0.3, -0.25) is 9.59 Å². The fourth-order valence-corrected chi connectivity index (χ4v) is 4.38. The summed E-state index contributed by atoms with van der Waals surface area (Å²) in [5, 5.41) is 6.74. The molecule has 0 radical (unpaired) electrons. The minimum absolute atomic E-state index is 0.0745. The first-order chi connectivity index (χ1) is 16.6. The zero-order chi connectivity index (χ0) is 23.5. The molecule has 0 aliphatic carbocycles. The van der Waals surface area contributed by atoms with Crippen LogP contribution in [0.1, 0.15) is 0 Å². The van der Waals surface area contributed by atoms with Crippen molar-refractivity contribution in [3.8, 4) is 17.0 Å². The molecular weight excluding hydrogens is 428 g/mol. The van der Waals surface area contributed by atoms with Crippen LogP contribution in [0.5, 0.6) is 5.75 Å². The first kappa shape index (κ1) is 21.7. The molecule has 3 aromatic carbocycles.